The lowest BCUT2D eigenvalue weighted by atomic mass is 10.1. The van der Waals surface area contributed by atoms with Gasteiger partial charge in [-0.25, -0.2) is 8.42 Å². The number of anilines is 1. The molecular formula is C31H37Cl2N3O4S. The van der Waals surface area contributed by atoms with Crippen LogP contribution in [0.1, 0.15) is 43.9 Å². The summed E-state index contributed by atoms with van der Waals surface area (Å²) in [6, 6.07) is 17.4. The van der Waals surface area contributed by atoms with Crippen LogP contribution in [-0.4, -0.2) is 44.3 Å². The van der Waals surface area contributed by atoms with E-state index in [1.807, 2.05) is 40.7 Å². The number of nitrogens with one attached hydrogen (secondary N) is 1. The molecule has 0 fully saturated rings. The molecule has 0 heterocycles. The van der Waals surface area contributed by atoms with Crippen molar-refractivity contribution >= 4 is 50.7 Å². The third kappa shape index (κ3) is 8.24. The molecule has 41 heavy (non-hydrogen) atoms. The van der Waals surface area contributed by atoms with E-state index in [9.17, 15) is 18.0 Å². The third-order valence-electron chi connectivity index (χ3n) is 6.80. The minimum Gasteiger partial charge on any atom is -0.354 e. The molecule has 0 aliphatic heterocycles. The number of sulfonamides is 1. The fourth-order valence-corrected chi connectivity index (χ4v) is 6.05. The summed E-state index contributed by atoms with van der Waals surface area (Å²) in [5.41, 5.74) is 2.89. The van der Waals surface area contributed by atoms with E-state index in [1.54, 1.807) is 48.5 Å². The maximum absolute atomic E-state index is 14.1. The summed E-state index contributed by atoms with van der Waals surface area (Å²) < 4.78 is 29.0. The summed E-state index contributed by atoms with van der Waals surface area (Å²) in [5, 5.41) is 3.60. The number of benzene rings is 3. The largest absolute Gasteiger partial charge is 0.354 e. The van der Waals surface area contributed by atoms with Gasteiger partial charge in [0.1, 0.15) is 12.6 Å². The highest BCUT2D eigenvalue weighted by atomic mass is 35.5. The molecular weight excluding hydrogens is 581 g/mol. The Hall–Kier alpha value is -3.07. The Bertz CT molecular complexity index is 1480. The van der Waals surface area contributed by atoms with Crippen LogP contribution in [0.2, 0.25) is 10.0 Å². The summed E-state index contributed by atoms with van der Waals surface area (Å²) in [6.45, 7) is 9.57. The second-order valence-electron chi connectivity index (χ2n) is 10.4. The van der Waals surface area contributed by atoms with E-state index >= 15 is 0 Å². The lowest BCUT2D eigenvalue weighted by Gasteiger charge is -2.33. The molecule has 3 aromatic rings. The lowest BCUT2D eigenvalue weighted by molar-refractivity contribution is -0.140. The van der Waals surface area contributed by atoms with Crippen LogP contribution < -0.4 is 9.62 Å². The minimum absolute atomic E-state index is 0.0372. The molecule has 0 radical (unpaired) electrons. The normalized spacial score (nSPS) is 12.2. The molecule has 0 spiro atoms. The van der Waals surface area contributed by atoms with Crippen LogP contribution in [0.4, 0.5) is 5.69 Å². The third-order valence-corrected chi connectivity index (χ3v) is 9.32. The van der Waals surface area contributed by atoms with E-state index in [2.05, 4.69) is 5.32 Å². The number of carbonyl (C=O) groups excluding carboxylic acids is 2. The molecule has 7 nitrogen and oxygen atoms in total. The molecule has 1 unspecified atom stereocenters. The van der Waals surface area contributed by atoms with Crippen LogP contribution in [0.5, 0.6) is 0 Å². The zero-order chi connectivity index (χ0) is 30.3. The molecule has 220 valence electrons. The van der Waals surface area contributed by atoms with E-state index in [-0.39, 0.29) is 23.3 Å². The molecule has 10 heteroatoms. The van der Waals surface area contributed by atoms with Crippen LogP contribution in [0.25, 0.3) is 0 Å². The van der Waals surface area contributed by atoms with Crippen molar-refractivity contribution in [1.29, 1.82) is 0 Å². The van der Waals surface area contributed by atoms with E-state index in [0.717, 1.165) is 15.4 Å². The lowest BCUT2D eigenvalue weighted by Crippen LogP contribution is -2.52. The van der Waals surface area contributed by atoms with Gasteiger partial charge in [0.15, 0.2) is 0 Å². The molecule has 3 rings (SSSR count). The standard InChI is InChI=1S/C31H37Cl2N3O4S/c1-6-29(31(38)34-18-21(2)3)35(19-24-13-15-27(32)28(33)17-24)30(37)20-36(25-14-12-22(4)23(5)16-25)41(39,40)26-10-8-7-9-11-26/h7-17,21,29H,6,18-20H2,1-5H3,(H,34,38). The van der Waals surface area contributed by atoms with Crippen LogP contribution in [0.3, 0.4) is 0 Å². The minimum atomic E-state index is -4.12. The van der Waals surface area contributed by atoms with Gasteiger partial charge >= 0.3 is 0 Å². The van der Waals surface area contributed by atoms with Gasteiger partial charge in [0.2, 0.25) is 11.8 Å². The zero-order valence-electron chi connectivity index (χ0n) is 24.0. The number of hydrogen-bond donors (Lipinski definition) is 1. The van der Waals surface area contributed by atoms with Crippen LogP contribution in [0.15, 0.2) is 71.6 Å². The molecule has 0 saturated carbocycles. The van der Waals surface area contributed by atoms with Gasteiger partial charge in [0, 0.05) is 13.1 Å². The van der Waals surface area contributed by atoms with E-state index in [0.29, 0.717) is 34.3 Å². The molecule has 0 saturated heterocycles. The van der Waals surface area contributed by atoms with Gasteiger partial charge in [-0.2, -0.15) is 0 Å². The maximum Gasteiger partial charge on any atom is 0.264 e. The highest BCUT2D eigenvalue weighted by molar-refractivity contribution is 7.92. The van der Waals surface area contributed by atoms with E-state index in [4.69, 9.17) is 23.2 Å². The van der Waals surface area contributed by atoms with Crippen molar-refractivity contribution in [3.63, 3.8) is 0 Å². The number of hydrogen-bond acceptors (Lipinski definition) is 4. The first-order valence-electron chi connectivity index (χ1n) is 13.5. The van der Waals surface area contributed by atoms with Gasteiger partial charge in [0.05, 0.1) is 20.6 Å². The molecule has 0 aliphatic carbocycles. The molecule has 1 N–H and O–H groups in total. The Morgan fingerprint density at radius 2 is 1.59 bits per heavy atom. The number of carbonyl (C=O) groups is 2. The Balaban J connectivity index is 2.07. The number of rotatable bonds is 12. The van der Waals surface area contributed by atoms with Gasteiger partial charge < -0.3 is 10.2 Å². The van der Waals surface area contributed by atoms with Gasteiger partial charge in [-0.15, -0.1) is 0 Å². The maximum atomic E-state index is 14.1. The van der Waals surface area contributed by atoms with Crippen molar-refractivity contribution in [3.8, 4) is 0 Å². The highest BCUT2D eigenvalue weighted by Gasteiger charge is 2.33. The number of amides is 2. The molecule has 0 aliphatic rings. The van der Waals surface area contributed by atoms with Gasteiger partial charge in [-0.05, 0) is 79.3 Å². The second-order valence-corrected chi connectivity index (χ2v) is 13.1. The number of nitrogens with zero attached hydrogens (tertiary/aromatic N) is 2. The monoisotopic (exact) mass is 617 g/mol. The molecule has 0 aromatic heterocycles. The number of halogens is 2. The highest BCUT2D eigenvalue weighted by Crippen LogP contribution is 2.28. The van der Waals surface area contributed by atoms with E-state index in [1.165, 1.54) is 17.0 Å². The summed E-state index contributed by atoms with van der Waals surface area (Å²) in [4.78, 5) is 28.9. The summed E-state index contributed by atoms with van der Waals surface area (Å²) >= 11 is 12.4. The summed E-state index contributed by atoms with van der Waals surface area (Å²) in [5.74, 6) is -0.620. The van der Waals surface area contributed by atoms with Crippen molar-refractivity contribution < 1.29 is 18.0 Å². The van der Waals surface area contributed by atoms with Gasteiger partial charge in [-0.1, -0.05) is 74.3 Å². The first-order valence-corrected chi connectivity index (χ1v) is 15.7. The van der Waals surface area contributed by atoms with Crippen LogP contribution >= 0.6 is 23.2 Å². The number of aryl methyl sites for hydroxylation is 2. The average molecular weight is 619 g/mol. The Kier molecular flexibility index (Phi) is 11.2. The Labute approximate surface area is 253 Å². The SMILES string of the molecule is CCC(C(=O)NCC(C)C)N(Cc1ccc(Cl)c(Cl)c1)C(=O)CN(c1ccc(C)c(C)c1)S(=O)(=O)c1ccccc1. The molecule has 0 bridgehead atoms. The topological polar surface area (TPSA) is 86.8 Å². The van der Waals surface area contributed by atoms with Crippen molar-refractivity contribution in [2.45, 2.75) is 58.5 Å². The van der Waals surface area contributed by atoms with Crippen LogP contribution in [-0.2, 0) is 26.2 Å². The quantitative estimate of drug-likeness (QED) is 0.255. The first kappa shape index (κ1) is 32.4. The predicted molar refractivity (Wildman–Crippen MR) is 166 cm³/mol. The van der Waals surface area contributed by atoms with Crippen molar-refractivity contribution in [2.24, 2.45) is 5.92 Å². The van der Waals surface area contributed by atoms with E-state index < -0.39 is 28.5 Å². The fraction of sp³-hybridized carbons (Fsp3) is 0.355. The molecule has 3 aromatic carbocycles. The van der Waals surface area contributed by atoms with Crippen molar-refractivity contribution in [3.05, 3.63) is 93.5 Å². The van der Waals surface area contributed by atoms with Crippen molar-refractivity contribution in [2.75, 3.05) is 17.4 Å². The summed E-state index contributed by atoms with van der Waals surface area (Å²) in [6.07, 6.45) is 0.325. The second kappa shape index (κ2) is 14.2. The molecule has 2 amide bonds. The first-order chi connectivity index (χ1) is 19.3. The Morgan fingerprint density at radius 1 is 0.902 bits per heavy atom. The molecule has 1 atom stereocenters. The predicted octanol–water partition coefficient (Wildman–Crippen LogP) is 6.39. The average Bonchev–Trinajstić information content (AvgIpc) is 2.94. The van der Waals surface area contributed by atoms with Crippen molar-refractivity contribution in [1.82, 2.24) is 10.2 Å². The Morgan fingerprint density at radius 3 is 2.17 bits per heavy atom. The zero-order valence-corrected chi connectivity index (χ0v) is 26.4. The van der Waals surface area contributed by atoms with Crippen LogP contribution in [0, 0.1) is 19.8 Å². The summed E-state index contributed by atoms with van der Waals surface area (Å²) in [7, 11) is -4.12. The smallest absolute Gasteiger partial charge is 0.264 e. The van der Waals surface area contributed by atoms with Gasteiger partial charge in [-0.3, -0.25) is 13.9 Å². The fourth-order valence-electron chi connectivity index (χ4n) is 4.31. The van der Waals surface area contributed by atoms with Gasteiger partial charge in [0.25, 0.3) is 10.0 Å².